The lowest BCUT2D eigenvalue weighted by Crippen LogP contribution is -2.36. The van der Waals surface area contributed by atoms with Gasteiger partial charge in [-0.1, -0.05) is 103 Å². The van der Waals surface area contributed by atoms with Crippen LogP contribution in [-0.2, 0) is 14.2 Å². The summed E-state index contributed by atoms with van der Waals surface area (Å²) in [6, 6.07) is 0. The van der Waals surface area contributed by atoms with Crippen LogP contribution in [0.25, 0.3) is 0 Å². The predicted molar refractivity (Wildman–Crippen MR) is 140 cm³/mol. The minimum Gasteiger partial charge on any atom is -0.444 e. The summed E-state index contributed by atoms with van der Waals surface area (Å²) < 4.78 is 16.5. The van der Waals surface area contributed by atoms with Crippen molar-refractivity contribution in [3.63, 3.8) is 0 Å². The molecule has 0 atom stereocenters. The standard InChI is InChI=1S/C28H57NO4/c1-6-7-8-9-10-11-12-13-14-15-16-17-18-19-20-21-23-31-25-26-32-24-22-29(5)27(30)33-28(2,3)4/h6-26H2,1-5H3. The van der Waals surface area contributed by atoms with Crippen LogP contribution in [0.4, 0.5) is 4.79 Å². The van der Waals surface area contributed by atoms with Crippen molar-refractivity contribution in [3.8, 4) is 0 Å². The number of likely N-dealkylation sites (N-methyl/N-ethyl adjacent to an activating group) is 1. The minimum atomic E-state index is -0.466. The van der Waals surface area contributed by atoms with E-state index in [9.17, 15) is 4.79 Å². The van der Waals surface area contributed by atoms with Crippen molar-refractivity contribution in [2.24, 2.45) is 0 Å². The Bertz CT molecular complexity index is 423. The molecule has 0 aromatic rings. The molecule has 0 saturated carbocycles. The molecular formula is C28H57NO4. The predicted octanol–water partition coefficient (Wildman–Crippen LogP) is 8.15. The van der Waals surface area contributed by atoms with Gasteiger partial charge in [-0.15, -0.1) is 0 Å². The summed E-state index contributed by atoms with van der Waals surface area (Å²) in [5.74, 6) is 0. The van der Waals surface area contributed by atoms with Gasteiger partial charge in [-0.25, -0.2) is 4.79 Å². The quantitative estimate of drug-likeness (QED) is 0.141. The molecule has 0 N–H and O–H groups in total. The molecule has 0 unspecified atom stereocenters. The first-order valence-corrected chi connectivity index (χ1v) is 14.0. The zero-order valence-corrected chi connectivity index (χ0v) is 22.9. The van der Waals surface area contributed by atoms with Crippen LogP contribution in [0.5, 0.6) is 0 Å². The van der Waals surface area contributed by atoms with Crippen molar-refractivity contribution in [1.82, 2.24) is 4.90 Å². The smallest absolute Gasteiger partial charge is 0.410 e. The van der Waals surface area contributed by atoms with Gasteiger partial charge < -0.3 is 19.1 Å². The summed E-state index contributed by atoms with van der Waals surface area (Å²) in [6.07, 6.45) is 21.9. The normalized spacial score (nSPS) is 11.7. The summed E-state index contributed by atoms with van der Waals surface area (Å²) in [6.45, 7) is 10.9. The fourth-order valence-electron chi connectivity index (χ4n) is 3.71. The van der Waals surface area contributed by atoms with Gasteiger partial charge in [0.2, 0.25) is 0 Å². The van der Waals surface area contributed by atoms with E-state index in [1.807, 2.05) is 20.8 Å². The van der Waals surface area contributed by atoms with Crippen molar-refractivity contribution in [3.05, 3.63) is 0 Å². The van der Waals surface area contributed by atoms with Gasteiger partial charge in [-0.2, -0.15) is 0 Å². The second kappa shape index (κ2) is 23.0. The molecule has 5 nitrogen and oxygen atoms in total. The molecule has 0 spiro atoms. The number of hydrogen-bond acceptors (Lipinski definition) is 4. The van der Waals surface area contributed by atoms with Crippen LogP contribution in [0.2, 0.25) is 0 Å². The molecule has 0 saturated heterocycles. The van der Waals surface area contributed by atoms with Gasteiger partial charge >= 0.3 is 6.09 Å². The molecular weight excluding hydrogens is 414 g/mol. The monoisotopic (exact) mass is 471 g/mol. The Morgan fingerprint density at radius 2 is 1.00 bits per heavy atom. The highest BCUT2D eigenvalue weighted by Gasteiger charge is 2.19. The average molecular weight is 472 g/mol. The van der Waals surface area contributed by atoms with Gasteiger partial charge in [0.15, 0.2) is 0 Å². The lowest BCUT2D eigenvalue weighted by Gasteiger charge is -2.24. The third kappa shape index (κ3) is 25.6. The average Bonchev–Trinajstić information content (AvgIpc) is 2.76. The Kier molecular flexibility index (Phi) is 22.4. The van der Waals surface area contributed by atoms with Crippen LogP contribution >= 0.6 is 0 Å². The minimum absolute atomic E-state index is 0.314. The first-order valence-electron chi connectivity index (χ1n) is 14.0. The highest BCUT2D eigenvalue weighted by molar-refractivity contribution is 5.67. The van der Waals surface area contributed by atoms with Gasteiger partial charge in [0.25, 0.3) is 0 Å². The molecule has 0 aliphatic rings. The SMILES string of the molecule is CCCCCCCCCCCCCCCCCCOCCOCCN(C)C(=O)OC(C)(C)C. The summed E-state index contributed by atoms with van der Waals surface area (Å²) in [5, 5.41) is 0. The van der Waals surface area contributed by atoms with Crippen LogP contribution in [0.3, 0.4) is 0 Å². The molecule has 0 heterocycles. The van der Waals surface area contributed by atoms with E-state index in [0.29, 0.717) is 26.4 Å². The first kappa shape index (κ1) is 32.2. The highest BCUT2D eigenvalue weighted by atomic mass is 16.6. The highest BCUT2D eigenvalue weighted by Crippen LogP contribution is 2.13. The van der Waals surface area contributed by atoms with E-state index in [4.69, 9.17) is 14.2 Å². The van der Waals surface area contributed by atoms with Crippen LogP contribution < -0.4 is 0 Å². The second-order valence-electron chi connectivity index (χ2n) is 10.4. The van der Waals surface area contributed by atoms with Crippen LogP contribution in [0.15, 0.2) is 0 Å². The van der Waals surface area contributed by atoms with E-state index >= 15 is 0 Å². The van der Waals surface area contributed by atoms with Gasteiger partial charge in [0.1, 0.15) is 5.60 Å². The number of carbonyl (C=O) groups is 1. The Morgan fingerprint density at radius 1 is 0.606 bits per heavy atom. The number of hydrogen-bond donors (Lipinski definition) is 0. The lowest BCUT2D eigenvalue weighted by molar-refractivity contribution is 0.0157. The molecule has 0 fully saturated rings. The van der Waals surface area contributed by atoms with Gasteiger partial charge in [-0.3, -0.25) is 0 Å². The topological polar surface area (TPSA) is 48.0 Å². The molecule has 0 bridgehead atoms. The third-order valence-electron chi connectivity index (χ3n) is 5.79. The zero-order valence-electron chi connectivity index (χ0n) is 22.9. The van der Waals surface area contributed by atoms with Crippen molar-refractivity contribution in [2.45, 2.75) is 136 Å². The first-order chi connectivity index (χ1) is 15.9. The number of amides is 1. The van der Waals surface area contributed by atoms with Crippen molar-refractivity contribution >= 4 is 6.09 Å². The van der Waals surface area contributed by atoms with E-state index in [1.165, 1.54) is 96.3 Å². The summed E-state index contributed by atoms with van der Waals surface area (Å²) in [5.41, 5.74) is -0.466. The number of nitrogens with zero attached hydrogens (tertiary/aromatic N) is 1. The molecule has 0 aliphatic carbocycles. The molecule has 5 heteroatoms. The van der Waals surface area contributed by atoms with Gasteiger partial charge in [0, 0.05) is 20.2 Å². The number of carbonyl (C=O) groups excluding carboxylic acids is 1. The van der Waals surface area contributed by atoms with E-state index < -0.39 is 5.60 Å². The third-order valence-corrected chi connectivity index (χ3v) is 5.79. The van der Waals surface area contributed by atoms with E-state index in [1.54, 1.807) is 11.9 Å². The molecule has 33 heavy (non-hydrogen) atoms. The maximum Gasteiger partial charge on any atom is 0.410 e. The molecule has 0 aromatic carbocycles. The zero-order chi connectivity index (χ0) is 24.6. The Balaban J connectivity index is 3.19. The van der Waals surface area contributed by atoms with Gasteiger partial charge in [-0.05, 0) is 27.2 Å². The number of unbranched alkanes of at least 4 members (excludes halogenated alkanes) is 15. The maximum atomic E-state index is 11.8. The molecule has 198 valence electrons. The van der Waals surface area contributed by atoms with Crippen molar-refractivity contribution < 1.29 is 19.0 Å². The largest absolute Gasteiger partial charge is 0.444 e. The number of ether oxygens (including phenoxy) is 3. The molecule has 0 aliphatic heterocycles. The Hall–Kier alpha value is -0.810. The van der Waals surface area contributed by atoms with E-state index in [2.05, 4.69) is 6.92 Å². The fourth-order valence-corrected chi connectivity index (χ4v) is 3.71. The lowest BCUT2D eigenvalue weighted by atomic mass is 10.0. The molecule has 0 rings (SSSR count). The van der Waals surface area contributed by atoms with Crippen LogP contribution in [0.1, 0.15) is 130 Å². The maximum absolute atomic E-state index is 11.8. The summed E-state index contributed by atoms with van der Waals surface area (Å²) >= 11 is 0. The Morgan fingerprint density at radius 3 is 1.42 bits per heavy atom. The Labute approximate surface area is 206 Å². The molecule has 1 amide bonds. The second-order valence-corrected chi connectivity index (χ2v) is 10.4. The number of rotatable bonds is 23. The fraction of sp³-hybridized carbons (Fsp3) is 0.964. The van der Waals surface area contributed by atoms with Crippen LogP contribution in [0, 0.1) is 0 Å². The van der Waals surface area contributed by atoms with E-state index in [-0.39, 0.29) is 6.09 Å². The molecule has 0 aromatic heterocycles. The molecule has 0 radical (unpaired) electrons. The van der Waals surface area contributed by atoms with Crippen LogP contribution in [-0.4, -0.2) is 56.6 Å². The van der Waals surface area contributed by atoms with E-state index in [0.717, 1.165) is 13.0 Å². The van der Waals surface area contributed by atoms with Crippen molar-refractivity contribution in [1.29, 1.82) is 0 Å². The van der Waals surface area contributed by atoms with Gasteiger partial charge in [0.05, 0.1) is 19.8 Å². The summed E-state index contributed by atoms with van der Waals surface area (Å²) in [4.78, 5) is 13.4. The summed E-state index contributed by atoms with van der Waals surface area (Å²) in [7, 11) is 1.73. The van der Waals surface area contributed by atoms with Crippen molar-refractivity contribution in [2.75, 3.05) is 40.0 Å².